The maximum Gasteiger partial charge on any atom is 0.410 e. The SMILES string of the molecule is CCNC(=NCCC1CC1)N1CCC(N(CC2CC2)C(=O)OC(C)(C)C)CC1.I. The molecule has 3 aliphatic rings. The molecule has 0 aromatic rings. The van der Waals surface area contributed by atoms with E-state index in [0.29, 0.717) is 5.92 Å². The van der Waals surface area contributed by atoms with Crippen LogP contribution in [0.2, 0.25) is 0 Å². The van der Waals surface area contributed by atoms with Gasteiger partial charge in [-0.25, -0.2) is 4.79 Å². The third-order valence-electron chi connectivity index (χ3n) is 5.82. The molecule has 6 nitrogen and oxygen atoms in total. The molecular weight excluding hydrogens is 479 g/mol. The molecule has 1 N–H and O–H groups in total. The fraction of sp³-hybridized carbons (Fsp3) is 0.909. The average Bonchev–Trinajstić information content (AvgIpc) is 3.52. The van der Waals surface area contributed by atoms with E-state index in [1.54, 1.807) is 0 Å². The van der Waals surface area contributed by atoms with Crippen LogP contribution in [-0.2, 0) is 4.74 Å². The number of ether oxygens (including phenoxy) is 1. The number of piperidine rings is 1. The van der Waals surface area contributed by atoms with E-state index in [2.05, 4.69) is 17.1 Å². The largest absolute Gasteiger partial charge is 0.444 e. The van der Waals surface area contributed by atoms with Crippen LogP contribution in [0, 0.1) is 11.8 Å². The fourth-order valence-corrected chi connectivity index (χ4v) is 3.85. The predicted molar refractivity (Wildman–Crippen MR) is 129 cm³/mol. The van der Waals surface area contributed by atoms with Crippen molar-refractivity contribution in [3.05, 3.63) is 0 Å². The number of guanidine groups is 1. The van der Waals surface area contributed by atoms with Gasteiger partial charge in [-0.3, -0.25) is 4.99 Å². The number of amides is 1. The van der Waals surface area contributed by atoms with E-state index in [1.807, 2.05) is 25.7 Å². The van der Waals surface area contributed by atoms with Crippen LogP contribution < -0.4 is 5.32 Å². The zero-order valence-corrected chi connectivity index (χ0v) is 21.1. The van der Waals surface area contributed by atoms with Gasteiger partial charge in [0.15, 0.2) is 5.96 Å². The molecule has 0 spiro atoms. The van der Waals surface area contributed by atoms with E-state index >= 15 is 0 Å². The summed E-state index contributed by atoms with van der Waals surface area (Å²) >= 11 is 0. The van der Waals surface area contributed by atoms with E-state index in [0.717, 1.165) is 57.4 Å². The van der Waals surface area contributed by atoms with Gasteiger partial charge in [0.25, 0.3) is 0 Å². The zero-order chi connectivity index (χ0) is 20.1. The molecule has 1 heterocycles. The number of aliphatic imine (C=N–C) groups is 1. The second-order valence-electron chi connectivity index (χ2n) is 9.76. The molecule has 1 saturated heterocycles. The molecule has 1 aliphatic heterocycles. The van der Waals surface area contributed by atoms with Crippen LogP contribution in [0.4, 0.5) is 4.79 Å². The van der Waals surface area contributed by atoms with Gasteiger partial charge in [-0.05, 0) is 71.6 Å². The Labute approximate surface area is 194 Å². The van der Waals surface area contributed by atoms with Gasteiger partial charge in [0.1, 0.15) is 5.60 Å². The molecular formula is C22H41IN4O2. The Morgan fingerprint density at radius 1 is 1.10 bits per heavy atom. The van der Waals surface area contributed by atoms with Crippen LogP contribution in [-0.4, -0.2) is 66.2 Å². The molecule has 3 fully saturated rings. The van der Waals surface area contributed by atoms with Gasteiger partial charge in [0.2, 0.25) is 0 Å². The van der Waals surface area contributed by atoms with Gasteiger partial charge in [0.05, 0.1) is 0 Å². The third kappa shape index (κ3) is 8.50. The van der Waals surface area contributed by atoms with Crippen molar-refractivity contribution in [2.24, 2.45) is 16.8 Å². The average molecular weight is 521 g/mol. The van der Waals surface area contributed by atoms with Crippen molar-refractivity contribution in [2.75, 3.05) is 32.7 Å². The van der Waals surface area contributed by atoms with E-state index < -0.39 is 5.60 Å². The Bertz CT molecular complexity index is 548. The molecule has 168 valence electrons. The highest BCUT2D eigenvalue weighted by atomic mass is 127. The molecule has 2 aliphatic carbocycles. The maximum absolute atomic E-state index is 12.8. The number of hydrogen-bond acceptors (Lipinski definition) is 3. The predicted octanol–water partition coefficient (Wildman–Crippen LogP) is 4.48. The first-order valence-corrected chi connectivity index (χ1v) is 11.4. The van der Waals surface area contributed by atoms with Crippen LogP contribution in [0.5, 0.6) is 0 Å². The Kier molecular flexibility index (Phi) is 9.35. The van der Waals surface area contributed by atoms with Crippen LogP contribution in [0.1, 0.15) is 72.6 Å². The summed E-state index contributed by atoms with van der Waals surface area (Å²) in [5.74, 6) is 2.64. The lowest BCUT2D eigenvalue weighted by molar-refractivity contribution is 0.00928. The molecule has 0 bridgehead atoms. The molecule has 2 saturated carbocycles. The first kappa shape index (κ1) is 24.5. The van der Waals surface area contributed by atoms with Crippen molar-refractivity contribution in [1.29, 1.82) is 0 Å². The Morgan fingerprint density at radius 2 is 1.72 bits per heavy atom. The Morgan fingerprint density at radius 3 is 2.24 bits per heavy atom. The highest BCUT2D eigenvalue weighted by molar-refractivity contribution is 14.0. The normalized spacial score (nSPS) is 20.8. The summed E-state index contributed by atoms with van der Waals surface area (Å²) in [6, 6.07) is 0.279. The van der Waals surface area contributed by atoms with Gasteiger partial charge in [-0.1, -0.05) is 12.8 Å². The zero-order valence-electron chi connectivity index (χ0n) is 18.8. The highest BCUT2D eigenvalue weighted by Crippen LogP contribution is 2.33. The number of carbonyl (C=O) groups excluding carboxylic acids is 1. The first-order valence-electron chi connectivity index (χ1n) is 11.4. The van der Waals surface area contributed by atoms with Crippen molar-refractivity contribution in [1.82, 2.24) is 15.1 Å². The van der Waals surface area contributed by atoms with Crippen LogP contribution in [0.3, 0.4) is 0 Å². The van der Waals surface area contributed by atoms with Crippen molar-refractivity contribution < 1.29 is 9.53 Å². The molecule has 0 atom stereocenters. The Hall–Kier alpha value is -0.730. The van der Waals surface area contributed by atoms with Gasteiger partial charge in [-0.2, -0.15) is 0 Å². The second-order valence-corrected chi connectivity index (χ2v) is 9.76. The van der Waals surface area contributed by atoms with Gasteiger partial charge in [-0.15, -0.1) is 24.0 Å². The number of rotatable bonds is 7. The van der Waals surface area contributed by atoms with E-state index in [-0.39, 0.29) is 36.1 Å². The molecule has 7 heteroatoms. The number of hydrogen-bond donors (Lipinski definition) is 1. The lowest BCUT2D eigenvalue weighted by Crippen LogP contribution is -2.52. The minimum atomic E-state index is -0.438. The second kappa shape index (κ2) is 11.0. The van der Waals surface area contributed by atoms with Crippen LogP contribution in [0.15, 0.2) is 4.99 Å². The first-order chi connectivity index (χ1) is 13.4. The molecule has 0 radical (unpaired) electrons. The summed E-state index contributed by atoms with van der Waals surface area (Å²) in [6.07, 6.45) is 8.32. The van der Waals surface area contributed by atoms with E-state index in [9.17, 15) is 4.79 Å². The minimum Gasteiger partial charge on any atom is -0.444 e. The van der Waals surface area contributed by atoms with E-state index in [4.69, 9.17) is 9.73 Å². The molecule has 0 unspecified atom stereocenters. The molecule has 1 amide bonds. The maximum atomic E-state index is 12.8. The number of nitrogens with one attached hydrogen (secondary N) is 1. The molecule has 29 heavy (non-hydrogen) atoms. The molecule has 0 aromatic carbocycles. The van der Waals surface area contributed by atoms with Crippen molar-refractivity contribution >= 4 is 36.0 Å². The van der Waals surface area contributed by atoms with Gasteiger partial charge >= 0.3 is 6.09 Å². The van der Waals surface area contributed by atoms with E-state index in [1.165, 1.54) is 32.1 Å². The monoisotopic (exact) mass is 520 g/mol. The third-order valence-corrected chi connectivity index (χ3v) is 5.82. The molecule has 0 aromatic heterocycles. The summed E-state index contributed by atoms with van der Waals surface area (Å²) in [5.41, 5.74) is -0.438. The topological polar surface area (TPSA) is 57.2 Å². The quantitative estimate of drug-likeness (QED) is 0.306. The molecule has 3 rings (SSSR count). The van der Waals surface area contributed by atoms with Crippen molar-refractivity contribution in [3.8, 4) is 0 Å². The number of nitrogens with zero attached hydrogens (tertiary/aromatic N) is 3. The standard InChI is InChI=1S/C22H40N4O2.HI/c1-5-23-20(24-13-10-17-6-7-17)25-14-11-19(12-15-25)26(16-18-8-9-18)21(27)28-22(2,3)4;/h17-19H,5-16H2,1-4H3,(H,23,24);1H. The van der Waals surface area contributed by atoms with Crippen LogP contribution in [0.25, 0.3) is 0 Å². The Balaban J connectivity index is 0.00000300. The fourth-order valence-electron chi connectivity index (χ4n) is 3.85. The van der Waals surface area contributed by atoms with Crippen LogP contribution >= 0.6 is 24.0 Å². The smallest absolute Gasteiger partial charge is 0.410 e. The number of halogens is 1. The number of likely N-dealkylation sites (tertiary alicyclic amines) is 1. The number of carbonyl (C=O) groups is 1. The summed E-state index contributed by atoms with van der Waals surface area (Å²) in [5, 5.41) is 3.46. The summed E-state index contributed by atoms with van der Waals surface area (Å²) in [7, 11) is 0. The highest BCUT2D eigenvalue weighted by Gasteiger charge is 2.35. The summed E-state index contributed by atoms with van der Waals surface area (Å²) in [4.78, 5) is 22.1. The lowest BCUT2D eigenvalue weighted by Gasteiger charge is -2.40. The van der Waals surface area contributed by atoms with Gasteiger partial charge < -0.3 is 19.9 Å². The summed E-state index contributed by atoms with van der Waals surface area (Å²) in [6.45, 7) is 12.6. The minimum absolute atomic E-state index is 0. The summed E-state index contributed by atoms with van der Waals surface area (Å²) < 4.78 is 5.71. The van der Waals surface area contributed by atoms with Gasteiger partial charge in [0, 0.05) is 38.8 Å². The van der Waals surface area contributed by atoms with Crippen molar-refractivity contribution in [3.63, 3.8) is 0 Å². The van der Waals surface area contributed by atoms with Crippen molar-refractivity contribution in [2.45, 2.75) is 84.3 Å². The lowest BCUT2D eigenvalue weighted by atomic mass is 10.0.